The van der Waals surface area contributed by atoms with Crippen LogP contribution >= 0.6 is 0 Å². The maximum absolute atomic E-state index is 11.6. The first-order valence-electron chi connectivity index (χ1n) is 5.24. The van der Waals surface area contributed by atoms with Gasteiger partial charge in [0.05, 0.1) is 11.8 Å². The maximum atomic E-state index is 11.6. The Balaban J connectivity index is 2.47. The number of amides is 2. The van der Waals surface area contributed by atoms with Crippen LogP contribution in [0.25, 0.3) is 0 Å². The van der Waals surface area contributed by atoms with Gasteiger partial charge in [0.25, 0.3) is 0 Å². The quantitative estimate of drug-likeness (QED) is 0.765. The van der Waals surface area contributed by atoms with Crippen LogP contribution in [-0.4, -0.2) is 16.9 Å². The monoisotopic (exact) mass is 219 g/mol. The van der Waals surface area contributed by atoms with Gasteiger partial charge in [0.2, 0.25) is 11.8 Å². The molecule has 1 atom stereocenters. The van der Waals surface area contributed by atoms with E-state index in [9.17, 15) is 14.7 Å². The van der Waals surface area contributed by atoms with E-state index in [2.05, 4.69) is 0 Å². The number of hydrogen-bond acceptors (Lipinski definition) is 3. The Morgan fingerprint density at radius 1 is 1.19 bits per heavy atom. The minimum Gasteiger partial charge on any atom is -0.389 e. The molecule has 0 bridgehead atoms. The first-order valence-corrected chi connectivity index (χ1v) is 5.24. The van der Waals surface area contributed by atoms with Gasteiger partial charge in [-0.25, -0.2) is 0 Å². The van der Waals surface area contributed by atoms with Gasteiger partial charge in [0.1, 0.15) is 0 Å². The van der Waals surface area contributed by atoms with Crippen LogP contribution in [0.1, 0.15) is 31.4 Å². The molecule has 2 amide bonds. The Morgan fingerprint density at radius 2 is 1.75 bits per heavy atom. The predicted octanol–water partition coefficient (Wildman–Crippen LogP) is 1.39. The number of anilines is 1. The molecule has 4 nitrogen and oxygen atoms in total. The lowest BCUT2D eigenvalue weighted by atomic mass is 10.1. The van der Waals surface area contributed by atoms with Crippen molar-refractivity contribution in [3.63, 3.8) is 0 Å². The molecule has 1 N–H and O–H groups in total. The lowest BCUT2D eigenvalue weighted by Gasteiger charge is -2.19. The molecule has 1 aliphatic rings. The summed E-state index contributed by atoms with van der Waals surface area (Å²) in [5.74, 6) is -0.392. The fraction of sp³-hybridized carbons (Fsp3) is 0.333. The van der Waals surface area contributed by atoms with Crippen LogP contribution in [0.15, 0.2) is 24.3 Å². The second-order valence-electron chi connectivity index (χ2n) is 3.86. The van der Waals surface area contributed by atoms with Crippen molar-refractivity contribution in [1.29, 1.82) is 0 Å². The number of carbonyl (C=O) groups excluding carboxylic acids is 2. The molecule has 1 aliphatic heterocycles. The lowest BCUT2D eigenvalue weighted by molar-refractivity contribution is -0.121. The van der Waals surface area contributed by atoms with Crippen molar-refractivity contribution >= 4 is 17.5 Å². The fourth-order valence-electron chi connectivity index (χ4n) is 1.89. The van der Waals surface area contributed by atoms with E-state index in [0.717, 1.165) is 0 Å². The topological polar surface area (TPSA) is 57.6 Å². The highest BCUT2D eigenvalue weighted by Gasteiger charge is 2.31. The molecular formula is C12H13NO3. The van der Waals surface area contributed by atoms with Gasteiger partial charge in [-0.05, 0) is 13.0 Å². The fourth-order valence-corrected chi connectivity index (χ4v) is 1.89. The molecule has 1 saturated heterocycles. The van der Waals surface area contributed by atoms with Crippen molar-refractivity contribution < 1.29 is 14.7 Å². The third-order valence-electron chi connectivity index (χ3n) is 2.68. The van der Waals surface area contributed by atoms with E-state index in [1.54, 1.807) is 31.2 Å². The summed E-state index contributed by atoms with van der Waals surface area (Å²) < 4.78 is 0. The van der Waals surface area contributed by atoms with E-state index in [0.29, 0.717) is 11.3 Å². The van der Waals surface area contributed by atoms with E-state index >= 15 is 0 Å². The number of para-hydroxylation sites is 1. The summed E-state index contributed by atoms with van der Waals surface area (Å²) in [5.41, 5.74) is 1.11. The molecule has 2 rings (SSSR count). The number of aliphatic hydroxyl groups excluding tert-OH is 1. The zero-order chi connectivity index (χ0) is 11.7. The molecule has 1 fully saturated rings. The van der Waals surface area contributed by atoms with Crippen molar-refractivity contribution in [2.75, 3.05) is 4.90 Å². The summed E-state index contributed by atoms with van der Waals surface area (Å²) in [7, 11) is 0. The number of aliphatic hydroxyl groups is 1. The average molecular weight is 219 g/mol. The van der Waals surface area contributed by atoms with Crippen LogP contribution in [-0.2, 0) is 9.59 Å². The summed E-state index contributed by atoms with van der Waals surface area (Å²) >= 11 is 0. The van der Waals surface area contributed by atoms with Crippen molar-refractivity contribution in [3.05, 3.63) is 29.8 Å². The standard InChI is InChI=1S/C12H13NO3/c1-8(14)9-4-2-3-5-10(9)13-11(15)6-7-12(13)16/h2-5,8,14H,6-7H2,1H3. The smallest absolute Gasteiger partial charge is 0.234 e. The van der Waals surface area contributed by atoms with Crippen molar-refractivity contribution in [1.82, 2.24) is 0 Å². The highest BCUT2D eigenvalue weighted by molar-refractivity contribution is 6.20. The van der Waals surface area contributed by atoms with Gasteiger partial charge < -0.3 is 5.11 Å². The van der Waals surface area contributed by atoms with Gasteiger partial charge in [-0.3, -0.25) is 14.5 Å². The number of hydrogen-bond donors (Lipinski definition) is 1. The number of nitrogens with zero attached hydrogens (tertiary/aromatic N) is 1. The van der Waals surface area contributed by atoms with Crippen LogP contribution in [0.5, 0.6) is 0 Å². The molecule has 84 valence electrons. The largest absolute Gasteiger partial charge is 0.389 e. The van der Waals surface area contributed by atoms with Crippen molar-refractivity contribution in [2.24, 2.45) is 0 Å². The molecular weight excluding hydrogens is 206 g/mol. The summed E-state index contributed by atoms with van der Waals surface area (Å²) in [6.45, 7) is 1.61. The van der Waals surface area contributed by atoms with Crippen LogP contribution < -0.4 is 4.90 Å². The first kappa shape index (κ1) is 10.8. The summed E-state index contributed by atoms with van der Waals surface area (Å²) in [4.78, 5) is 24.3. The molecule has 1 aromatic carbocycles. The van der Waals surface area contributed by atoms with Crippen LogP contribution in [0.2, 0.25) is 0 Å². The average Bonchev–Trinajstić information content (AvgIpc) is 2.58. The Kier molecular flexibility index (Phi) is 2.75. The normalized spacial score (nSPS) is 18.0. The highest BCUT2D eigenvalue weighted by atomic mass is 16.3. The Bertz CT molecular complexity index is 424. The predicted molar refractivity (Wildman–Crippen MR) is 58.8 cm³/mol. The van der Waals surface area contributed by atoms with Crippen molar-refractivity contribution in [3.8, 4) is 0 Å². The molecule has 0 saturated carbocycles. The molecule has 0 aliphatic carbocycles. The third kappa shape index (κ3) is 1.72. The van der Waals surface area contributed by atoms with Gasteiger partial charge in [0, 0.05) is 18.4 Å². The first-order chi connectivity index (χ1) is 7.61. The van der Waals surface area contributed by atoms with E-state index < -0.39 is 6.10 Å². The third-order valence-corrected chi connectivity index (χ3v) is 2.68. The molecule has 16 heavy (non-hydrogen) atoms. The van der Waals surface area contributed by atoms with E-state index in [1.165, 1.54) is 4.90 Å². The summed E-state index contributed by atoms with van der Waals surface area (Å²) in [6, 6.07) is 6.93. The highest BCUT2D eigenvalue weighted by Crippen LogP contribution is 2.29. The molecule has 4 heteroatoms. The minimum absolute atomic E-state index is 0.196. The molecule has 0 spiro atoms. The molecule has 0 aromatic heterocycles. The second kappa shape index (κ2) is 4.06. The van der Waals surface area contributed by atoms with Crippen LogP contribution in [0.3, 0.4) is 0 Å². The number of imide groups is 1. The van der Waals surface area contributed by atoms with Crippen LogP contribution in [0, 0.1) is 0 Å². The second-order valence-corrected chi connectivity index (χ2v) is 3.86. The number of carbonyl (C=O) groups is 2. The Morgan fingerprint density at radius 3 is 2.31 bits per heavy atom. The Hall–Kier alpha value is -1.68. The van der Waals surface area contributed by atoms with Gasteiger partial charge in [0.15, 0.2) is 0 Å². The SMILES string of the molecule is CC(O)c1ccccc1N1C(=O)CCC1=O. The lowest BCUT2D eigenvalue weighted by Crippen LogP contribution is -2.29. The zero-order valence-corrected chi connectivity index (χ0v) is 9.01. The molecule has 1 unspecified atom stereocenters. The van der Waals surface area contributed by atoms with Gasteiger partial charge in [-0.2, -0.15) is 0 Å². The minimum atomic E-state index is -0.697. The molecule has 1 aromatic rings. The zero-order valence-electron chi connectivity index (χ0n) is 9.01. The maximum Gasteiger partial charge on any atom is 0.234 e. The van der Waals surface area contributed by atoms with E-state index in [1.807, 2.05) is 0 Å². The van der Waals surface area contributed by atoms with Crippen LogP contribution in [0.4, 0.5) is 5.69 Å². The van der Waals surface area contributed by atoms with Gasteiger partial charge in [-0.1, -0.05) is 18.2 Å². The number of rotatable bonds is 2. The molecule has 1 heterocycles. The summed E-state index contributed by atoms with van der Waals surface area (Å²) in [5, 5.41) is 9.59. The molecule has 0 radical (unpaired) electrons. The van der Waals surface area contributed by atoms with Gasteiger partial charge in [-0.15, -0.1) is 0 Å². The number of benzene rings is 1. The summed E-state index contributed by atoms with van der Waals surface area (Å²) in [6.07, 6.45) is -0.183. The Labute approximate surface area is 93.5 Å². The van der Waals surface area contributed by atoms with E-state index in [4.69, 9.17) is 0 Å². The van der Waals surface area contributed by atoms with E-state index in [-0.39, 0.29) is 24.7 Å². The van der Waals surface area contributed by atoms with Gasteiger partial charge >= 0.3 is 0 Å². The van der Waals surface area contributed by atoms with Crippen molar-refractivity contribution in [2.45, 2.75) is 25.9 Å².